The summed E-state index contributed by atoms with van der Waals surface area (Å²) in [5.41, 5.74) is 4.52. The molecule has 3 aromatic heterocycles. The highest BCUT2D eigenvalue weighted by Crippen LogP contribution is 2.29. The number of aromatic nitrogens is 4. The summed E-state index contributed by atoms with van der Waals surface area (Å²) in [6.45, 7) is 2.09. The van der Waals surface area contributed by atoms with Gasteiger partial charge in [0, 0.05) is 40.3 Å². The van der Waals surface area contributed by atoms with Crippen LogP contribution < -0.4 is 4.74 Å². The Kier molecular flexibility index (Phi) is 7.94. The van der Waals surface area contributed by atoms with Crippen LogP contribution >= 0.6 is 11.3 Å². The van der Waals surface area contributed by atoms with Crippen LogP contribution in [0.4, 0.5) is 13.2 Å². The first-order valence-electron chi connectivity index (χ1n) is 13.3. The molecule has 6 aromatic rings. The summed E-state index contributed by atoms with van der Waals surface area (Å²) in [7, 11) is 0. The smallest absolute Gasteiger partial charge is 0.214 e. The van der Waals surface area contributed by atoms with Crippen molar-refractivity contribution in [3.05, 3.63) is 129 Å². The van der Waals surface area contributed by atoms with Gasteiger partial charge in [-0.15, -0.1) is 11.3 Å². The summed E-state index contributed by atoms with van der Waals surface area (Å²) in [6.07, 6.45) is 0.0222. The van der Waals surface area contributed by atoms with E-state index in [4.69, 9.17) is 4.74 Å². The lowest BCUT2D eigenvalue weighted by Gasteiger charge is -2.12. The van der Waals surface area contributed by atoms with Crippen molar-refractivity contribution in [2.45, 2.75) is 32.8 Å². The van der Waals surface area contributed by atoms with Crippen LogP contribution in [0.1, 0.15) is 39.2 Å². The number of pyridine rings is 1. The Labute approximate surface area is 248 Å². The number of halogens is 3. The molecule has 0 bridgehead atoms. The maximum atomic E-state index is 15.5. The number of fused-ring (bicyclic) bond motifs is 1. The second-order valence-electron chi connectivity index (χ2n) is 10.0. The summed E-state index contributed by atoms with van der Waals surface area (Å²) in [5, 5.41) is 19.4. The maximum absolute atomic E-state index is 15.5. The second-order valence-corrected chi connectivity index (χ2v) is 11.0. The number of aliphatic hydroxyl groups excluding tert-OH is 1. The molecule has 0 atom stereocenters. The summed E-state index contributed by atoms with van der Waals surface area (Å²) in [6, 6.07) is 16.6. The number of hydrogen-bond donors (Lipinski definition) is 2. The highest BCUT2D eigenvalue weighted by molar-refractivity contribution is 7.09. The van der Waals surface area contributed by atoms with Crippen molar-refractivity contribution in [1.82, 2.24) is 19.5 Å². The van der Waals surface area contributed by atoms with Gasteiger partial charge in [-0.2, -0.15) is 0 Å². The van der Waals surface area contributed by atoms with Gasteiger partial charge in [0.25, 0.3) is 0 Å². The van der Waals surface area contributed by atoms with E-state index < -0.39 is 23.7 Å². The number of thiazole rings is 1. The lowest BCUT2D eigenvalue weighted by molar-refractivity contribution is -0.0424. The molecule has 0 saturated heterocycles. The highest BCUT2D eigenvalue weighted by Gasteiger charge is 2.19. The monoisotopic (exact) mass is 602 g/mol. The van der Waals surface area contributed by atoms with Gasteiger partial charge in [-0.3, -0.25) is 4.98 Å². The maximum Gasteiger partial charge on any atom is 0.214 e. The Balaban J connectivity index is 1.29. The molecule has 0 radical (unpaired) electrons. The molecule has 2 N–H and O–H groups in total. The standard InChI is InChI=1S/C32H25F3N4O3S/c1-18-5-6-20(24(33)9-18)16-42-31-4-2-3-27(38-31)23-13-25(34)21(10-26(23)35)12-30-37-28-8-7-19(32(40)41)11-29(28)39(30)15-22-14-36-17-43-22/h2-11,13-14,17,32,40-41H,12,15-16H2,1H3. The quantitative estimate of drug-likeness (QED) is 0.184. The normalized spacial score (nSPS) is 11.5. The van der Waals surface area contributed by atoms with Gasteiger partial charge in [0.1, 0.15) is 29.9 Å². The predicted molar refractivity (Wildman–Crippen MR) is 156 cm³/mol. The van der Waals surface area contributed by atoms with Crippen molar-refractivity contribution in [3.8, 4) is 17.1 Å². The SMILES string of the molecule is Cc1ccc(COc2cccc(-c3cc(F)c(Cc4nc5ccc(C(O)O)cc5n4Cc4cncs4)cc3F)n2)c(F)c1. The van der Waals surface area contributed by atoms with Crippen LogP contribution in [0.15, 0.2) is 78.4 Å². The molecule has 0 aliphatic carbocycles. The molecule has 218 valence electrons. The zero-order valence-electron chi connectivity index (χ0n) is 22.8. The van der Waals surface area contributed by atoms with E-state index in [2.05, 4.69) is 15.0 Å². The lowest BCUT2D eigenvalue weighted by Crippen LogP contribution is -2.07. The molecule has 0 amide bonds. The van der Waals surface area contributed by atoms with Gasteiger partial charge >= 0.3 is 0 Å². The van der Waals surface area contributed by atoms with Gasteiger partial charge in [0.15, 0.2) is 6.29 Å². The van der Waals surface area contributed by atoms with E-state index in [1.165, 1.54) is 17.4 Å². The Morgan fingerprint density at radius 3 is 2.51 bits per heavy atom. The van der Waals surface area contributed by atoms with Gasteiger partial charge < -0.3 is 19.5 Å². The number of imidazole rings is 1. The van der Waals surface area contributed by atoms with Gasteiger partial charge in [0.2, 0.25) is 5.88 Å². The first-order chi connectivity index (χ1) is 20.7. The fraction of sp³-hybridized carbons (Fsp3) is 0.156. The Morgan fingerprint density at radius 2 is 1.74 bits per heavy atom. The third kappa shape index (κ3) is 6.14. The lowest BCUT2D eigenvalue weighted by atomic mass is 10.0. The predicted octanol–water partition coefficient (Wildman–Crippen LogP) is 6.48. The molecule has 0 spiro atoms. The third-order valence-electron chi connectivity index (χ3n) is 7.02. The molecule has 6 rings (SSSR count). The number of ether oxygens (including phenoxy) is 1. The minimum atomic E-state index is -1.67. The van der Waals surface area contributed by atoms with Crippen LogP contribution in [-0.2, 0) is 19.6 Å². The first kappa shape index (κ1) is 28.5. The topological polar surface area (TPSA) is 93.3 Å². The van der Waals surface area contributed by atoms with E-state index in [1.54, 1.807) is 67.2 Å². The molecular formula is C32H25F3N4O3S. The summed E-state index contributed by atoms with van der Waals surface area (Å²) in [5.74, 6) is -1.11. The zero-order valence-corrected chi connectivity index (χ0v) is 23.7. The number of hydrogen-bond acceptors (Lipinski definition) is 7. The molecule has 0 unspecified atom stereocenters. The minimum Gasteiger partial charge on any atom is -0.473 e. The molecule has 7 nitrogen and oxygen atoms in total. The van der Waals surface area contributed by atoms with E-state index in [0.717, 1.165) is 22.6 Å². The molecule has 3 heterocycles. The number of aryl methyl sites for hydroxylation is 1. The van der Waals surface area contributed by atoms with Crippen molar-refractivity contribution in [2.75, 3.05) is 0 Å². The Hall–Kier alpha value is -4.58. The van der Waals surface area contributed by atoms with E-state index in [1.807, 2.05) is 4.57 Å². The molecule has 11 heteroatoms. The Bertz CT molecular complexity index is 1930. The number of benzene rings is 3. The first-order valence-corrected chi connectivity index (χ1v) is 14.2. The molecular weight excluding hydrogens is 577 g/mol. The Morgan fingerprint density at radius 1 is 0.907 bits per heavy atom. The third-order valence-corrected chi connectivity index (χ3v) is 7.78. The van der Waals surface area contributed by atoms with E-state index in [9.17, 15) is 14.6 Å². The van der Waals surface area contributed by atoms with Crippen molar-refractivity contribution >= 4 is 22.4 Å². The van der Waals surface area contributed by atoms with Crippen LogP contribution in [0.2, 0.25) is 0 Å². The van der Waals surface area contributed by atoms with Crippen LogP contribution in [0.3, 0.4) is 0 Å². The summed E-state index contributed by atoms with van der Waals surface area (Å²) >= 11 is 1.44. The van der Waals surface area contributed by atoms with Crippen molar-refractivity contribution < 1.29 is 28.1 Å². The van der Waals surface area contributed by atoms with Crippen molar-refractivity contribution in [1.29, 1.82) is 0 Å². The zero-order chi connectivity index (χ0) is 30.1. The molecule has 0 aliphatic rings. The minimum absolute atomic E-state index is 0.0216. The molecule has 0 aliphatic heterocycles. The van der Waals surface area contributed by atoms with Crippen LogP contribution in [0.5, 0.6) is 5.88 Å². The number of aliphatic hydroxyl groups is 2. The largest absolute Gasteiger partial charge is 0.473 e. The van der Waals surface area contributed by atoms with Crippen LogP contribution in [0, 0.1) is 24.4 Å². The highest BCUT2D eigenvalue weighted by atomic mass is 32.1. The summed E-state index contributed by atoms with van der Waals surface area (Å²) < 4.78 is 52.6. The van der Waals surface area contributed by atoms with Crippen molar-refractivity contribution in [3.63, 3.8) is 0 Å². The van der Waals surface area contributed by atoms with Gasteiger partial charge in [-0.1, -0.05) is 24.3 Å². The second kappa shape index (κ2) is 12.0. The van der Waals surface area contributed by atoms with Gasteiger partial charge in [-0.25, -0.2) is 23.1 Å². The summed E-state index contributed by atoms with van der Waals surface area (Å²) in [4.78, 5) is 14.0. The molecule has 0 fully saturated rings. The fourth-order valence-corrected chi connectivity index (χ4v) is 5.38. The number of nitrogens with zero attached hydrogens (tertiary/aromatic N) is 4. The molecule has 3 aromatic carbocycles. The van der Waals surface area contributed by atoms with Gasteiger partial charge in [0.05, 0.1) is 28.8 Å². The van der Waals surface area contributed by atoms with Gasteiger partial charge in [-0.05, 0) is 54.4 Å². The molecule has 0 saturated carbocycles. The van der Waals surface area contributed by atoms with Crippen LogP contribution in [0.25, 0.3) is 22.3 Å². The number of rotatable bonds is 9. The van der Waals surface area contributed by atoms with Crippen molar-refractivity contribution in [2.24, 2.45) is 0 Å². The van der Waals surface area contributed by atoms with Crippen LogP contribution in [-0.4, -0.2) is 29.7 Å². The van der Waals surface area contributed by atoms with E-state index >= 15 is 8.78 Å². The molecule has 43 heavy (non-hydrogen) atoms. The fourth-order valence-electron chi connectivity index (χ4n) is 4.79. The average Bonchev–Trinajstić information content (AvgIpc) is 3.62. The van der Waals surface area contributed by atoms with E-state index in [0.29, 0.717) is 29.0 Å². The van der Waals surface area contributed by atoms with E-state index in [-0.39, 0.29) is 41.3 Å². The average molecular weight is 603 g/mol.